The van der Waals surface area contributed by atoms with Gasteiger partial charge in [-0.1, -0.05) is 41.1 Å². The first kappa shape index (κ1) is 15.0. The van der Waals surface area contributed by atoms with E-state index in [0.717, 1.165) is 27.2 Å². The Morgan fingerprint density at radius 1 is 1.42 bits per heavy atom. The van der Waals surface area contributed by atoms with E-state index in [-0.39, 0.29) is 6.10 Å². The molecule has 2 rings (SSSR count). The van der Waals surface area contributed by atoms with Gasteiger partial charge in [0.1, 0.15) is 11.1 Å². The van der Waals surface area contributed by atoms with Gasteiger partial charge in [0.15, 0.2) is 0 Å². The fourth-order valence-electron chi connectivity index (χ4n) is 1.70. The number of halogens is 2. The molecule has 0 radical (unpaired) electrons. The summed E-state index contributed by atoms with van der Waals surface area (Å²) in [5.41, 5.74) is 2.07. The van der Waals surface area contributed by atoms with E-state index >= 15 is 0 Å². The average Bonchev–Trinajstić information content (AvgIpc) is 2.90. The Morgan fingerprint density at radius 3 is 2.84 bits per heavy atom. The van der Waals surface area contributed by atoms with E-state index in [9.17, 15) is 0 Å². The van der Waals surface area contributed by atoms with Gasteiger partial charge in [0, 0.05) is 9.85 Å². The molecule has 5 heteroatoms. The molecular weight excluding hydrogens is 346 g/mol. The number of nitrogens with zero attached hydrogens (tertiary/aromatic N) is 1. The van der Waals surface area contributed by atoms with Gasteiger partial charge in [-0.3, -0.25) is 0 Å². The first-order valence-electron chi connectivity index (χ1n) is 6.09. The predicted octanol–water partition coefficient (Wildman–Crippen LogP) is 5.31. The van der Waals surface area contributed by atoms with Crippen molar-refractivity contribution in [3.63, 3.8) is 0 Å². The van der Waals surface area contributed by atoms with Crippen molar-refractivity contribution in [2.75, 3.05) is 0 Å². The predicted molar refractivity (Wildman–Crippen MR) is 83.6 cm³/mol. The lowest BCUT2D eigenvalue weighted by atomic mass is 10.2. The second-order valence-corrected chi connectivity index (χ2v) is 6.12. The third-order valence-electron chi connectivity index (χ3n) is 2.75. The third kappa shape index (κ3) is 4.02. The van der Waals surface area contributed by atoms with E-state index in [1.807, 2.05) is 23.6 Å². The first-order chi connectivity index (χ1) is 9.24. The topological polar surface area (TPSA) is 22.1 Å². The van der Waals surface area contributed by atoms with Gasteiger partial charge >= 0.3 is 0 Å². The normalized spacial score (nSPS) is 12.6. The van der Waals surface area contributed by atoms with Crippen molar-refractivity contribution in [2.45, 2.75) is 31.9 Å². The van der Waals surface area contributed by atoms with Crippen LogP contribution in [0.2, 0.25) is 0 Å². The lowest BCUT2D eigenvalue weighted by Crippen LogP contribution is -2.04. The second kappa shape index (κ2) is 7.39. The quantitative estimate of drug-likeness (QED) is 0.651. The summed E-state index contributed by atoms with van der Waals surface area (Å²) in [7, 11) is 0. The summed E-state index contributed by atoms with van der Waals surface area (Å²) < 4.78 is 7.05. The van der Waals surface area contributed by atoms with E-state index in [1.54, 1.807) is 11.3 Å². The Morgan fingerprint density at radius 2 is 2.21 bits per heavy atom. The van der Waals surface area contributed by atoms with Gasteiger partial charge in [-0.15, -0.1) is 22.9 Å². The molecule has 0 spiro atoms. The summed E-state index contributed by atoms with van der Waals surface area (Å²) in [4.78, 5) is 4.48. The van der Waals surface area contributed by atoms with E-state index in [2.05, 4.69) is 33.9 Å². The number of rotatable bonds is 6. The average molecular weight is 361 g/mol. The van der Waals surface area contributed by atoms with Crippen molar-refractivity contribution in [1.29, 1.82) is 0 Å². The molecule has 0 amide bonds. The Bertz CT molecular complexity index is 532. The van der Waals surface area contributed by atoms with Crippen LogP contribution < -0.4 is 0 Å². The molecule has 1 aromatic carbocycles. The molecule has 1 atom stereocenters. The molecule has 2 nitrogen and oxygen atoms in total. The first-order valence-corrected chi connectivity index (χ1v) is 8.30. The van der Waals surface area contributed by atoms with Crippen molar-refractivity contribution in [2.24, 2.45) is 0 Å². The molecule has 0 aliphatic rings. The number of ether oxygens (including phenoxy) is 1. The maximum Gasteiger partial charge on any atom is 0.122 e. The molecule has 0 bridgehead atoms. The fourth-order valence-corrected chi connectivity index (χ4v) is 3.28. The number of hydrogen-bond donors (Lipinski definition) is 0. The molecule has 0 saturated heterocycles. The largest absolute Gasteiger partial charge is 0.366 e. The van der Waals surface area contributed by atoms with E-state index in [1.165, 1.54) is 0 Å². The van der Waals surface area contributed by atoms with Crippen LogP contribution in [0.3, 0.4) is 0 Å². The van der Waals surface area contributed by atoms with Crippen LogP contribution in [0.4, 0.5) is 0 Å². The summed E-state index contributed by atoms with van der Waals surface area (Å²) in [5.74, 6) is 0.456. The Kier molecular flexibility index (Phi) is 5.82. The minimum Gasteiger partial charge on any atom is -0.366 e. The Labute approximate surface area is 130 Å². The lowest BCUT2D eigenvalue weighted by Gasteiger charge is -2.14. The molecule has 19 heavy (non-hydrogen) atoms. The smallest absolute Gasteiger partial charge is 0.122 e. The molecule has 1 unspecified atom stereocenters. The zero-order chi connectivity index (χ0) is 13.7. The molecule has 1 aromatic heterocycles. The molecule has 0 aliphatic heterocycles. The number of aromatic nitrogens is 1. The highest BCUT2D eigenvalue weighted by Gasteiger charge is 2.14. The van der Waals surface area contributed by atoms with Crippen molar-refractivity contribution >= 4 is 38.9 Å². The maximum atomic E-state index is 5.98. The van der Waals surface area contributed by atoms with Gasteiger partial charge < -0.3 is 4.74 Å². The van der Waals surface area contributed by atoms with Gasteiger partial charge in [0.2, 0.25) is 0 Å². The highest BCUT2D eigenvalue weighted by Crippen LogP contribution is 2.27. The third-order valence-corrected chi connectivity index (χ3v) is 4.78. The molecular formula is C14H15BrClNOS. The molecule has 0 N–H and O–H groups in total. The van der Waals surface area contributed by atoms with Crippen LogP contribution in [-0.2, 0) is 17.2 Å². The minimum absolute atomic E-state index is 0.0362. The summed E-state index contributed by atoms with van der Waals surface area (Å²) in [5, 5.41) is 3.00. The van der Waals surface area contributed by atoms with Crippen LogP contribution >= 0.6 is 38.9 Å². The summed E-state index contributed by atoms with van der Waals surface area (Å²) in [6, 6.07) is 8.09. The molecule has 2 aromatic rings. The fraction of sp³-hybridized carbons (Fsp3) is 0.357. The Hall–Kier alpha value is -0.420. The summed E-state index contributed by atoms with van der Waals surface area (Å²) >= 11 is 10.9. The van der Waals surface area contributed by atoms with Crippen LogP contribution in [0.5, 0.6) is 0 Å². The van der Waals surface area contributed by atoms with Crippen LogP contribution in [-0.4, -0.2) is 4.98 Å². The number of benzene rings is 1. The monoisotopic (exact) mass is 359 g/mol. The Balaban J connectivity index is 2.02. The zero-order valence-corrected chi connectivity index (χ0v) is 13.8. The van der Waals surface area contributed by atoms with Gasteiger partial charge in [-0.2, -0.15) is 0 Å². The SMILES string of the molecule is CCC(OCc1ccccc1Br)c1nc(CCl)cs1. The second-order valence-electron chi connectivity index (χ2n) is 4.11. The number of hydrogen-bond acceptors (Lipinski definition) is 3. The summed E-state index contributed by atoms with van der Waals surface area (Å²) in [6.45, 7) is 2.68. The van der Waals surface area contributed by atoms with Gasteiger partial charge in [0.25, 0.3) is 0 Å². The highest BCUT2D eigenvalue weighted by atomic mass is 79.9. The molecule has 0 aliphatic carbocycles. The van der Waals surface area contributed by atoms with Gasteiger partial charge in [0.05, 0.1) is 18.2 Å². The minimum atomic E-state index is 0.0362. The van der Waals surface area contributed by atoms with Crippen LogP contribution in [0.15, 0.2) is 34.1 Å². The molecule has 1 heterocycles. The van der Waals surface area contributed by atoms with Gasteiger partial charge in [-0.25, -0.2) is 4.98 Å². The van der Waals surface area contributed by atoms with Crippen molar-refractivity contribution < 1.29 is 4.74 Å². The standard InChI is InChI=1S/C14H15BrClNOS/c1-2-13(14-17-11(7-16)9-19-14)18-8-10-5-3-4-6-12(10)15/h3-6,9,13H,2,7-8H2,1H3. The zero-order valence-electron chi connectivity index (χ0n) is 10.6. The molecule has 0 fully saturated rings. The van der Waals surface area contributed by atoms with Crippen LogP contribution in [0.25, 0.3) is 0 Å². The van der Waals surface area contributed by atoms with Gasteiger partial charge in [-0.05, 0) is 18.1 Å². The van der Waals surface area contributed by atoms with E-state index in [0.29, 0.717) is 12.5 Å². The lowest BCUT2D eigenvalue weighted by molar-refractivity contribution is 0.0366. The van der Waals surface area contributed by atoms with Crippen molar-refractivity contribution in [3.05, 3.63) is 50.4 Å². The van der Waals surface area contributed by atoms with Crippen molar-refractivity contribution in [1.82, 2.24) is 4.98 Å². The van der Waals surface area contributed by atoms with Crippen molar-refractivity contribution in [3.8, 4) is 0 Å². The molecule has 0 saturated carbocycles. The van der Waals surface area contributed by atoms with Crippen LogP contribution in [0, 0.1) is 0 Å². The van der Waals surface area contributed by atoms with Crippen LogP contribution in [0.1, 0.15) is 35.7 Å². The summed E-state index contributed by atoms with van der Waals surface area (Å²) in [6.07, 6.45) is 0.939. The highest BCUT2D eigenvalue weighted by molar-refractivity contribution is 9.10. The molecule has 102 valence electrons. The number of thiazole rings is 1. The maximum absolute atomic E-state index is 5.98. The van der Waals surface area contributed by atoms with E-state index < -0.39 is 0 Å². The number of alkyl halides is 1. The van der Waals surface area contributed by atoms with E-state index in [4.69, 9.17) is 16.3 Å².